The van der Waals surface area contributed by atoms with Gasteiger partial charge in [0, 0.05) is 5.39 Å². The number of carbonyl (C=O) groups is 1. The van der Waals surface area contributed by atoms with Crippen LogP contribution in [-0.2, 0) is 4.74 Å². The summed E-state index contributed by atoms with van der Waals surface area (Å²) >= 11 is 6.33. The van der Waals surface area contributed by atoms with E-state index in [0.717, 1.165) is 31.1 Å². The smallest absolute Gasteiger partial charge is 0.344 e. The van der Waals surface area contributed by atoms with E-state index >= 15 is 0 Å². The van der Waals surface area contributed by atoms with Crippen molar-refractivity contribution in [2.24, 2.45) is 0 Å². The van der Waals surface area contributed by atoms with Crippen LogP contribution in [0, 0.1) is 0 Å². The molecule has 4 rings (SSSR count). The van der Waals surface area contributed by atoms with Gasteiger partial charge in [0.15, 0.2) is 0 Å². The first kappa shape index (κ1) is 17.8. The van der Waals surface area contributed by atoms with Crippen LogP contribution in [0.15, 0.2) is 57.7 Å². The predicted molar refractivity (Wildman–Crippen MR) is 105 cm³/mol. The lowest BCUT2D eigenvalue weighted by molar-refractivity contribution is 0.0211. The van der Waals surface area contributed by atoms with Crippen molar-refractivity contribution in [3.63, 3.8) is 0 Å². The summed E-state index contributed by atoms with van der Waals surface area (Å²) in [6.45, 7) is 0. The molecule has 0 aliphatic heterocycles. The molecule has 27 heavy (non-hydrogen) atoms. The van der Waals surface area contributed by atoms with Gasteiger partial charge in [-0.15, -0.1) is 0 Å². The maximum atomic E-state index is 12.4. The van der Waals surface area contributed by atoms with E-state index < -0.39 is 11.6 Å². The standard InChI is InChI=1S/C22H19ClO4/c23-19-13-14(18-12-15-6-4-5-9-20(15)27-22(18)25)10-11-17(19)21(24)26-16-7-2-1-3-8-16/h4-6,9-13,16H,1-3,7-8H2. The summed E-state index contributed by atoms with van der Waals surface area (Å²) in [5.41, 5.74) is 1.42. The molecule has 0 amide bonds. The fourth-order valence-corrected chi connectivity index (χ4v) is 3.77. The number of rotatable bonds is 3. The van der Waals surface area contributed by atoms with Gasteiger partial charge in [-0.2, -0.15) is 0 Å². The van der Waals surface area contributed by atoms with Gasteiger partial charge in [-0.25, -0.2) is 9.59 Å². The number of esters is 1. The van der Waals surface area contributed by atoms with Crippen molar-refractivity contribution in [1.82, 2.24) is 0 Å². The number of carbonyl (C=O) groups excluding carboxylic acids is 1. The number of benzene rings is 2. The molecular weight excluding hydrogens is 364 g/mol. The molecule has 1 aliphatic rings. The largest absolute Gasteiger partial charge is 0.459 e. The van der Waals surface area contributed by atoms with E-state index in [-0.39, 0.29) is 11.1 Å². The second-order valence-electron chi connectivity index (χ2n) is 6.85. The topological polar surface area (TPSA) is 56.5 Å². The third-order valence-corrected chi connectivity index (χ3v) is 5.28. The number of para-hydroxylation sites is 1. The second kappa shape index (κ2) is 7.57. The molecule has 4 nitrogen and oxygen atoms in total. The van der Waals surface area contributed by atoms with Crippen LogP contribution < -0.4 is 5.63 Å². The zero-order valence-electron chi connectivity index (χ0n) is 14.7. The molecule has 0 N–H and O–H groups in total. The highest BCUT2D eigenvalue weighted by Gasteiger charge is 2.21. The highest BCUT2D eigenvalue weighted by molar-refractivity contribution is 6.33. The molecule has 138 valence electrons. The minimum absolute atomic E-state index is 0.0328. The van der Waals surface area contributed by atoms with Gasteiger partial charge in [0.1, 0.15) is 11.7 Å². The molecule has 5 heteroatoms. The van der Waals surface area contributed by atoms with Gasteiger partial charge in [-0.05, 0) is 55.5 Å². The molecular formula is C22H19ClO4. The van der Waals surface area contributed by atoms with Gasteiger partial charge < -0.3 is 9.15 Å². The summed E-state index contributed by atoms with van der Waals surface area (Å²) in [4.78, 5) is 24.8. The van der Waals surface area contributed by atoms with Crippen LogP contribution in [0.1, 0.15) is 42.5 Å². The average Bonchev–Trinajstić information content (AvgIpc) is 2.68. The maximum absolute atomic E-state index is 12.4. The Hall–Kier alpha value is -2.59. The SMILES string of the molecule is O=C(OC1CCCCC1)c1ccc(-c2cc3ccccc3oc2=O)cc1Cl. The van der Waals surface area contributed by atoms with E-state index in [2.05, 4.69) is 0 Å². The van der Waals surface area contributed by atoms with Crippen LogP contribution >= 0.6 is 11.6 Å². The minimum atomic E-state index is -0.442. The van der Waals surface area contributed by atoms with Gasteiger partial charge >= 0.3 is 11.6 Å². The van der Waals surface area contributed by atoms with Gasteiger partial charge in [-0.1, -0.05) is 42.3 Å². The number of fused-ring (bicyclic) bond motifs is 1. The first-order valence-corrected chi connectivity index (χ1v) is 9.53. The summed E-state index contributed by atoms with van der Waals surface area (Å²) in [6, 6.07) is 14.0. The normalized spacial score (nSPS) is 15.0. The lowest BCUT2D eigenvalue weighted by Crippen LogP contribution is -2.21. The summed E-state index contributed by atoms with van der Waals surface area (Å²) in [7, 11) is 0. The van der Waals surface area contributed by atoms with Crippen LogP contribution in [0.25, 0.3) is 22.1 Å². The van der Waals surface area contributed by atoms with Crippen molar-refractivity contribution in [3.05, 3.63) is 69.5 Å². The third kappa shape index (κ3) is 3.76. The molecule has 2 aromatic carbocycles. The van der Waals surface area contributed by atoms with Crippen LogP contribution in [0.4, 0.5) is 0 Å². The molecule has 3 aromatic rings. The van der Waals surface area contributed by atoms with E-state index in [0.29, 0.717) is 22.3 Å². The molecule has 1 aromatic heterocycles. The molecule has 0 spiro atoms. The molecule has 0 unspecified atom stereocenters. The highest BCUT2D eigenvalue weighted by atomic mass is 35.5. The molecule has 1 heterocycles. The number of ether oxygens (including phenoxy) is 1. The quantitative estimate of drug-likeness (QED) is 0.437. The second-order valence-corrected chi connectivity index (χ2v) is 7.25. The molecule has 1 fully saturated rings. The summed E-state index contributed by atoms with van der Waals surface area (Å²) in [6.07, 6.45) is 5.14. The van der Waals surface area contributed by atoms with E-state index in [1.165, 1.54) is 6.42 Å². The van der Waals surface area contributed by atoms with Gasteiger partial charge in [0.2, 0.25) is 0 Å². The Morgan fingerprint density at radius 1 is 1.04 bits per heavy atom. The average molecular weight is 383 g/mol. The zero-order chi connectivity index (χ0) is 18.8. The zero-order valence-corrected chi connectivity index (χ0v) is 15.5. The Balaban J connectivity index is 1.62. The monoisotopic (exact) mass is 382 g/mol. The van der Waals surface area contributed by atoms with E-state index in [4.69, 9.17) is 20.8 Å². The van der Waals surface area contributed by atoms with Crippen LogP contribution in [0.5, 0.6) is 0 Å². The van der Waals surface area contributed by atoms with E-state index in [1.54, 1.807) is 30.3 Å². The molecule has 0 radical (unpaired) electrons. The van der Waals surface area contributed by atoms with Gasteiger partial charge in [0.25, 0.3) is 0 Å². The van der Waals surface area contributed by atoms with Crippen molar-refractivity contribution in [2.75, 3.05) is 0 Å². The van der Waals surface area contributed by atoms with Crippen LogP contribution in [0.2, 0.25) is 5.02 Å². The van der Waals surface area contributed by atoms with Crippen molar-refractivity contribution in [3.8, 4) is 11.1 Å². The minimum Gasteiger partial charge on any atom is -0.459 e. The number of hydrogen-bond acceptors (Lipinski definition) is 4. The number of halogens is 1. The van der Waals surface area contributed by atoms with Crippen LogP contribution in [-0.4, -0.2) is 12.1 Å². The predicted octanol–water partition coefficient (Wildman–Crippen LogP) is 5.60. The maximum Gasteiger partial charge on any atom is 0.344 e. The first-order valence-electron chi connectivity index (χ1n) is 9.15. The van der Waals surface area contributed by atoms with Crippen molar-refractivity contribution in [2.45, 2.75) is 38.2 Å². The van der Waals surface area contributed by atoms with Crippen molar-refractivity contribution in [1.29, 1.82) is 0 Å². The lowest BCUT2D eigenvalue weighted by atomic mass is 9.98. The molecule has 0 bridgehead atoms. The Kier molecular flexibility index (Phi) is 4.99. The van der Waals surface area contributed by atoms with Crippen molar-refractivity contribution >= 4 is 28.5 Å². The van der Waals surface area contributed by atoms with E-state index in [9.17, 15) is 9.59 Å². The third-order valence-electron chi connectivity index (χ3n) is 4.97. The Morgan fingerprint density at radius 2 is 1.81 bits per heavy atom. The lowest BCUT2D eigenvalue weighted by Gasteiger charge is -2.22. The van der Waals surface area contributed by atoms with Crippen molar-refractivity contribution < 1.29 is 13.9 Å². The van der Waals surface area contributed by atoms with Gasteiger partial charge in [0.05, 0.1) is 16.1 Å². The van der Waals surface area contributed by atoms with Gasteiger partial charge in [-0.3, -0.25) is 0 Å². The molecule has 1 saturated carbocycles. The van der Waals surface area contributed by atoms with E-state index in [1.807, 2.05) is 18.2 Å². The number of hydrogen-bond donors (Lipinski definition) is 0. The Morgan fingerprint density at radius 3 is 2.59 bits per heavy atom. The fraction of sp³-hybridized carbons (Fsp3) is 0.273. The van der Waals surface area contributed by atoms with Crippen LogP contribution in [0.3, 0.4) is 0 Å². The summed E-state index contributed by atoms with van der Waals surface area (Å²) < 4.78 is 11.0. The molecule has 0 saturated heterocycles. The Bertz CT molecular complexity index is 1050. The molecule has 0 atom stereocenters. The molecule has 1 aliphatic carbocycles. The summed E-state index contributed by atoms with van der Waals surface area (Å²) in [5, 5.41) is 1.09. The Labute approximate surface area is 161 Å². The highest BCUT2D eigenvalue weighted by Crippen LogP contribution is 2.28. The first-order chi connectivity index (χ1) is 13.1. The summed E-state index contributed by atoms with van der Waals surface area (Å²) in [5.74, 6) is -0.413. The fourth-order valence-electron chi connectivity index (χ4n) is 3.51.